The van der Waals surface area contributed by atoms with E-state index in [1.165, 1.54) is 11.3 Å². The summed E-state index contributed by atoms with van der Waals surface area (Å²) >= 11 is 1.49. The third-order valence-corrected chi connectivity index (χ3v) is 4.25. The quantitative estimate of drug-likeness (QED) is 0.464. The number of carboxylic acids is 1. The number of hydrogen-bond acceptors (Lipinski definition) is 7. The van der Waals surface area contributed by atoms with Crippen molar-refractivity contribution in [3.05, 3.63) is 48.0 Å². The van der Waals surface area contributed by atoms with Crippen molar-refractivity contribution in [2.24, 2.45) is 5.10 Å². The van der Waals surface area contributed by atoms with E-state index in [4.69, 9.17) is 14.6 Å². The highest BCUT2D eigenvalue weighted by atomic mass is 32.1. The first-order chi connectivity index (χ1) is 12.7. The number of nitrogens with zero attached hydrogens (tertiary/aromatic N) is 2. The van der Waals surface area contributed by atoms with Gasteiger partial charge in [-0.15, -0.1) is 0 Å². The third-order valence-electron chi connectivity index (χ3n) is 3.31. The van der Waals surface area contributed by atoms with Crippen LogP contribution in [0.4, 0.5) is 5.13 Å². The number of carbonyl (C=O) groups is 1. The summed E-state index contributed by atoms with van der Waals surface area (Å²) in [6.07, 6.45) is 1.55. The van der Waals surface area contributed by atoms with Crippen LogP contribution in [0.2, 0.25) is 0 Å². The minimum Gasteiger partial charge on any atom is -0.490 e. The zero-order valence-corrected chi connectivity index (χ0v) is 14.8. The number of ether oxygens (including phenoxy) is 2. The van der Waals surface area contributed by atoms with E-state index in [1.54, 1.807) is 24.4 Å². The van der Waals surface area contributed by atoms with Crippen molar-refractivity contribution in [3.63, 3.8) is 0 Å². The van der Waals surface area contributed by atoms with Crippen LogP contribution in [-0.2, 0) is 4.79 Å². The van der Waals surface area contributed by atoms with Crippen LogP contribution in [0, 0.1) is 0 Å². The van der Waals surface area contributed by atoms with E-state index < -0.39 is 12.6 Å². The largest absolute Gasteiger partial charge is 0.490 e. The third kappa shape index (κ3) is 4.28. The van der Waals surface area contributed by atoms with Gasteiger partial charge in [0.1, 0.15) is 0 Å². The van der Waals surface area contributed by atoms with E-state index in [0.717, 1.165) is 10.2 Å². The summed E-state index contributed by atoms with van der Waals surface area (Å²) in [6, 6.07) is 13.1. The fourth-order valence-corrected chi connectivity index (χ4v) is 3.08. The van der Waals surface area contributed by atoms with E-state index in [-0.39, 0.29) is 0 Å². The molecule has 0 amide bonds. The molecule has 1 aromatic heterocycles. The first-order valence-corrected chi connectivity index (χ1v) is 8.74. The van der Waals surface area contributed by atoms with Crippen LogP contribution < -0.4 is 14.9 Å². The van der Waals surface area contributed by atoms with Crippen LogP contribution in [0.15, 0.2) is 47.6 Å². The maximum atomic E-state index is 10.8. The normalized spacial score (nSPS) is 11.0. The van der Waals surface area contributed by atoms with E-state index >= 15 is 0 Å². The van der Waals surface area contributed by atoms with E-state index in [9.17, 15) is 4.79 Å². The lowest BCUT2D eigenvalue weighted by atomic mass is 10.2. The molecule has 0 saturated carbocycles. The van der Waals surface area contributed by atoms with Crippen molar-refractivity contribution >= 4 is 38.9 Å². The first kappa shape index (κ1) is 17.7. The van der Waals surface area contributed by atoms with Crippen molar-refractivity contribution in [2.45, 2.75) is 6.92 Å². The van der Waals surface area contributed by atoms with Gasteiger partial charge in [0.15, 0.2) is 18.1 Å². The molecular weight excluding hydrogens is 354 g/mol. The van der Waals surface area contributed by atoms with E-state index in [1.807, 2.05) is 31.2 Å². The summed E-state index contributed by atoms with van der Waals surface area (Å²) in [5.41, 5.74) is 4.39. The van der Waals surface area contributed by atoms with Crippen molar-refractivity contribution in [3.8, 4) is 11.5 Å². The lowest BCUT2D eigenvalue weighted by Crippen LogP contribution is -2.11. The zero-order valence-electron chi connectivity index (χ0n) is 14.0. The number of aromatic nitrogens is 1. The molecule has 134 valence electrons. The number of hydrazone groups is 1. The molecule has 2 aromatic carbocycles. The molecule has 0 aliphatic heterocycles. The van der Waals surface area contributed by atoms with Gasteiger partial charge in [-0.1, -0.05) is 29.5 Å². The van der Waals surface area contributed by atoms with Gasteiger partial charge in [0, 0.05) is 5.56 Å². The van der Waals surface area contributed by atoms with Crippen LogP contribution in [0.1, 0.15) is 12.5 Å². The summed E-state index contributed by atoms with van der Waals surface area (Å²) < 4.78 is 11.9. The molecule has 3 rings (SSSR count). The minimum absolute atomic E-state index is 0.339. The molecular formula is C18H17N3O4S. The molecule has 0 aliphatic carbocycles. The summed E-state index contributed by atoms with van der Waals surface area (Å²) in [6.45, 7) is 1.82. The number of para-hydroxylation sites is 2. The van der Waals surface area contributed by atoms with Crippen molar-refractivity contribution in [2.75, 3.05) is 18.6 Å². The van der Waals surface area contributed by atoms with Crippen LogP contribution in [0.5, 0.6) is 11.5 Å². The van der Waals surface area contributed by atoms with Gasteiger partial charge in [0.25, 0.3) is 0 Å². The monoisotopic (exact) mass is 371 g/mol. The van der Waals surface area contributed by atoms with Crippen LogP contribution in [0.3, 0.4) is 0 Å². The molecule has 8 heteroatoms. The Kier molecular flexibility index (Phi) is 5.65. The highest BCUT2D eigenvalue weighted by molar-refractivity contribution is 7.22. The standard InChI is InChI=1S/C18H17N3O4S/c1-2-24-14-8-5-6-12(17(14)25-11-16(22)23)10-19-21-18-20-13-7-3-4-9-15(13)26-18/h3-10H,2,11H2,1H3,(H,20,21)(H,22,23)/b19-10+. The average molecular weight is 371 g/mol. The predicted octanol–water partition coefficient (Wildman–Crippen LogP) is 3.60. The van der Waals surface area contributed by atoms with E-state index in [0.29, 0.717) is 28.8 Å². The molecule has 0 fully saturated rings. The van der Waals surface area contributed by atoms with Gasteiger partial charge in [-0.25, -0.2) is 9.78 Å². The molecule has 0 unspecified atom stereocenters. The Labute approximate surface area is 153 Å². The number of benzene rings is 2. The molecule has 1 heterocycles. The van der Waals surface area contributed by atoms with Crippen LogP contribution >= 0.6 is 11.3 Å². The molecule has 0 aliphatic rings. The summed E-state index contributed by atoms with van der Waals surface area (Å²) in [4.78, 5) is 15.3. The van der Waals surface area contributed by atoms with Crippen molar-refractivity contribution in [1.29, 1.82) is 0 Å². The van der Waals surface area contributed by atoms with Gasteiger partial charge in [0.2, 0.25) is 5.13 Å². The highest BCUT2D eigenvalue weighted by Gasteiger charge is 2.11. The van der Waals surface area contributed by atoms with Crippen LogP contribution in [0.25, 0.3) is 10.2 Å². The van der Waals surface area contributed by atoms with Gasteiger partial charge < -0.3 is 14.6 Å². The lowest BCUT2D eigenvalue weighted by molar-refractivity contribution is -0.139. The second-order valence-electron chi connectivity index (χ2n) is 5.15. The minimum atomic E-state index is -1.06. The van der Waals surface area contributed by atoms with E-state index in [2.05, 4.69) is 15.5 Å². The molecule has 0 radical (unpaired) electrons. The summed E-state index contributed by atoms with van der Waals surface area (Å²) in [5.74, 6) is -0.254. The second-order valence-corrected chi connectivity index (χ2v) is 6.18. The fourth-order valence-electron chi connectivity index (χ4n) is 2.27. The molecule has 3 aromatic rings. The van der Waals surface area contributed by atoms with Gasteiger partial charge in [-0.05, 0) is 31.2 Å². The Morgan fingerprint density at radius 2 is 2.12 bits per heavy atom. The van der Waals surface area contributed by atoms with Gasteiger partial charge in [-0.3, -0.25) is 5.43 Å². The summed E-state index contributed by atoms with van der Waals surface area (Å²) in [5, 5.41) is 13.7. The van der Waals surface area contributed by atoms with Crippen molar-refractivity contribution in [1.82, 2.24) is 4.98 Å². The number of anilines is 1. The zero-order chi connectivity index (χ0) is 18.4. The molecule has 0 saturated heterocycles. The number of carboxylic acid groups (broad SMARTS) is 1. The first-order valence-electron chi connectivity index (χ1n) is 7.92. The predicted molar refractivity (Wildman–Crippen MR) is 102 cm³/mol. The van der Waals surface area contributed by atoms with Gasteiger partial charge in [-0.2, -0.15) is 5.10 Å². The Hall–Kier alpha value is -3.13. The number of hydrogen-bond donors (Lipinski definition) is 2. The maximum Gasteiger partial charge on any atom is 0.341 e. The Balaban J connectivity index is 1.79. The van der Waals surface area contributed by atoms with Gasteiger partial charge in [0.05, 0.1) is 23.0 Å². The average Bonchev–Trinajstić information content (AvgIpc) is 3.04. The Bertz CT molecular complexity index is 906. The smallest absolute Gasteiger partial charge is 0.341 e. The lowest BCUT2D eigenvalue weighted by Gasteiger charge is -2.12. The molecule has 0 atom stereocenters. The second kappa shape index (κ2) is 8.30. The highest BCUT2D eigenvalue weighted by Crippen LogP contribution is 2.31. The number of rotatable bonds is 8. The number of nitrogens with one attached hydrogen (secondary N) is 1. The number of fused-ring (bicyclic) bond motifs is 1. The number of thiazole rings is 1. The Morgan fingerprint density at radius 3 is 2.88 bits per heavy atom. The van der Waals surface area contributed by atoms with Crippen molar-refractivity contribution < 1.29 is 19.4 Å². The van der Waals surface area contributed by atoms with Crippen LogP contribution in [-0.4, -0.2) is 35.5 Å². The fraction of sp³-hybridized carbons (Fsp3) is 0.167. The molecule has 7 nitrogen and oxygen atoms in total. The van der Waals surface area contributed by atoms with Gasteiger partial charge >= 0.3 is 5.97 Å². The maximum absolute atomic E-state index is 10.8. The molecule has 0 bridgehead atoms. The molecule has 0 spiro atoms. The topological polar surface area (TPSA) is 93.0 Å². The SMILES string of the molecule is CCOc1cccc(/C=N/Nc2nc3ccccc3s2)c1OCC(=O)O. The Morgan fingerprint density at radius 1 is 1.27 bits per heavy atom. The molecule has 2 N–H and O–H groups in total. The number of aliphatic carboxylic acids is 1. The summed E-state index contributed by atoms with van der Waals surface area (Å²) in [7, 11) is 0. The molecule has 26 heavy (non-hydrogen) atoms.